The van der Waals surface area contributed by atoms with E-state index in [-0.39, 0.29) is 5.78 Å². The largest absolute Gasteiger partial charge is 0.295 e. The number of halogens is 1. The molecule has 0 spiro atoms. The van der Waals surface area contributed by atoms with Gasteiger partial charge in [0.1, 0.15) is 0 Å². The fraction of sp³-hybridized carbons (Fsp3) is 0.167. The van der Waals surface area contributed by atoms with Crippen LogP contribution in [0.1, 0.15) is 6.42 Å². The molecule has 0 aromatic rings. The van der Waals surface area contributed by atoms with Crippen LogP contribution in [0, 0.1) is 0 Å². The summed E-state index contributed by atoms with van der Waals surface area (Å²) < 4.78 is 0. The third kappa shape index (κ3) is 3.62. The van der Waals surface area contributed by atoms with Crippen LogP contribution in [-0.4, -0.2) is 5.78 Å². The second-order valence-electron chi connectivity index (χ2n) is 1.24. The highest BCUT2D eigenvalue weighted by atomic mass is 35.5. The normalized spacial score (nSPS) is 9.62. The molecule has 44 valence electrons. The maximum absolute atomic E-state index is 10.3. The number of carbonyl (C=O) groups excluding carboxylic acids is 1. The standard InChI is InChI=1S/C6H7ClO/c1-2-6(8)4-3-5-7/h2-3,5H,1,4H2. The lowest BCUT2D eigenvalue weighted by molar-refractivity contribution is -0.113. The van der Waals surface area contributed by atoms with Crippen molar-refractivity contribution < 1.29 is 4.79 Å². The number of carbonyl (C=O) groups is 1. The number of hydrogen-bond donors (Lipinski definition) is 0. The zero-order chi connectivity index (χ0) is 6.41. The Bertz CT molecular complexity index is 116. The van der Waals surface area contributed by atoms with Crippen LogP contribution in [0.3, 0.4) is 0 Å². The van der Waals surface area contributed by atoms with Crippen molar-refractivity contribution in [3.05, 3.63) is 24.3 Å². The van der Waals surface area contributed by atoms with Gasteiger partial charge in [-0.25, -0.2) is 0 Å². The topological polar surface area (TPSA) is 17.1 Å². The van der Waals surface area contributed by atoms with Gasteiger partial charge >= 0.3 is 0 Å². The summed E-state index contributed by atoms with van der Waals surface area (Å²) in [4.78, 5) is 10.3. The summed E-state index contributed by atoms with van der Waals surface area (Å²) in [5.74, 6) is -0.0121. The van der Waals surface area contributed by atoms with Crippen molar-refractivity contribution >= 4 is 17.4 Å². The Morgan fingerprint density at radius 2 is 2.38 bits per heavy atom. The van der Waals surface area contributed by atoms with Gasteiger partial charge in [0.2, 0.25) is 0 Å². The quantitative estimate of drug-likeness (QED) is 0.534. The molecular formula is C6H7ClO. The first-order valence-electron chi connectivity index (χ1n) is 2.21. The molecule has 0 fully saturated rings. The zero-order valence-electron chi connectivity index (χ0n) is 4.43. The summed E-state index contributed by atoms with van der Waals surface area (Å²) in [6, 6.07) is 0. The van der Waals surface area contributed by atoms with Crippen LogP contribution in [-0.2, 0) is 4.79 Å². The van der Waals surface area contributed by atoms with Crippen molar-refractivity contribution in [3.8, 4) is 0 Å². The van der Waals surface area contributed by atoms with E-state index in [9.17, 15) is 4.79 Å². The summed E-state index contributed by atoms with van der Waals surface area (Å²) in [6.07, 6.45) is 3.20. The van der Waals surface area contributed by atoms with Crippen LogP contribution in [0.15, 0.2) is 24.3 Å². The third-order valence-corrected chi connectivity index (χ3v) is 0.814. The molecule has 8 heavy (non-hydrogen) atoms. The number of ketones is 1. The summed E-state index contributed by atoms with van der Waals surface area (Å²) in [5, 5.41) is 0. The minimum atomic E-state index is -0.0121. The Morgan fingerprint density at radius 1 is 1.75 bits per heavy atom. The minimum Gasteiger partial charge on any atom is -0.295 e. The van der Waals surface area contributed by atoms with Gasteiger partial charge in [0.05, 0.1) is 0 Å². The van der Waals surface area contributed by atoms with E-state index in [1.165, 1.54) is 11.6 Å². The third-order valence-electron chi connectivity index (χ3n) is 0.636. The van der Waals surface area contributed by atoms with Crippen molar-refractivity contribution in [2.24, 2.45) is 0 Å². The highest BCUT2D eigenvalue weighted by molar-refractivity contribution is 6.25. The van der Waals surface area contributed by atoms with Gasteiger partial charge in [-0.1, -0.05) is 24.3 Å². The Labute approximate surface area is 53.6 Å². The van der Waals surface area contributed by atoms with Gasteiger partial charge in [-0.05, 0) is 6.08 Å². The van der Waals surface area contributed by atoms with E-state index in [0.717, 1.165) is 0 Å². The summed E-state index contributed by atoms with van der Waals surface area (Å²) in [5.41, 5.74) is 1.32. The van der Waals surface area contributed by atoms with Gasteiger partial charge in [0.15, 0.2) is 5.78 Å². The molecule has 0 amide bonds. The highest BCUT2D eigenvalue weighted by Gasteiger charge is 1.86. The molecule has 0 bridgehead atoms. The van der Waals surface area contributed by atoms with E-state index >= 15 is 0 Å². The van der Waals surface area contributed by atoms with Crippen molar-refractivity contribution in [2.75, 3.05) is 0 Å². The van der Waals surface area contributed by atoms with Crippen molar-refractivity contribution in [3.63, 3.8) is 0 Å². The molecule has 0 unspecified atom stereocenters. The van der Waals surface area contributed by atoms with Crippen LogP contribution >= 0.6 is 11.6 Å². The zero-order valence-corrected chi connectivity index (χ0v) is 5.19. The number of hydrogen-bond acceptors (Lipinski definition) is 1. The molecule has 0 atom stereocenters. The summed E-state index contributed by atoms with van der Waals surface area (Å²) in [6.45, 7) is 3.29. The van der Waals surface area contributed by atoms with Crippen LogP contribution in [0.4, 0.5) is 0 Å². The van der Waals surface area contributed by atoms with E-state index in [1.54, 1.807) is 6.08 Å². The smallest absolute Gasteiger partial charge is 0.158 e. The average molecular weight is 131 g/mol. The van der Waals surface area contributed by atoms with E-state index in [0.29, 0.717) is 6.42 Å². The maximum atomic E-state index is 10.3. The van der Waals surface area contributed by atoms with E-state index in [1.807, 2.05) is 0 Å². The molecule has 0 aliphatic rings. The Kier molecular flexibility index (Phi) is 4.27. The van der Waals surface area contributed by atoms with Crippen molar-refractivity contribution in [2.45, 2.75) is 6.42 Å². The van der Waals surface area contributed by atoms with Crippen molar-refractivity contribution in [1.29, 1.82) is 0 Å². The molecule has 2 heteroatoms. The fourth-order valence-electron chi connectivity index (χ4n) is 0.244. The second-order valence-corrected chi connectivity index (χ2v) is 1.49. The molecule has 0 aromatic heterocycles. The van der Waals surface area contributed by atoms with Crippen LogP contribution in [0.2, 0.25) is 0 Å². The summed E-state index contributed by atoms with van der Waals surface area (Å²) in [7, 11) is 0. The predicted octanol–water partition coefficient (Wildman–Crippen LogP) is 1.88. The molecule has 0 aliphatic heterocycles. The summed E-state index contributed by atoms with van der Waals surface area (Å²) >= 11 is 5.14. The van der Waals surface area contributed by atoms with E-state index < -0.39 is 0 Å². The van der Waals surface area contributed by atoms with E-state index in [2.05, 4.69) is 6.58 Å². The molecule has 0 heterocycles. The van der Waals surface area contributed by atoms with Gasteiger partial charge in [-0.3, -0.25) is 4.79 Å². The molecule has 0 radical (unpaired) electrons. The lowest BCUT2D eigenvalue weighted by Gasteiger charge is -1.79. The molecule has 0 saturated heterocycles. The maximum Gasteiger partial charge on any atom is 0.158 e. The van der Waals surface area contributed by atoms with Crippen LogP contribution in [0.5, 0.6) is 0 Å². The van der Waals surface area contributed by atoms with Gasteiger partial charge < -0.3 is 0 Å². The Morgan fingerprint density at radius 3 is 2.75 bits per heavy atom. The highest BCUT2D eigenvalue weighted by Crippen LogP contribution is 1.87. The predicted molar refractivity (Wildman–Crippen MR) is 34.8 cm³/mol. The first-order valence-corrected chi connectivity index (χ1v) is 2.65. The lowest BCUT2D eigenvalue weighted by Crippen LogP contribution is -1.85. The van der Waals surface area contributed by atoms with Gasteiger partial charge in [-0.2, -0.15) is 0 Å². The van der Waals surface area contributed by atoms with Crippen LogP contribution < -0.4 is 0 Å². The lowest BCUT2D eigenvalue weighted by atomic mass is 10.3. The Hall–Kier alpha value is -0.560. The van der Waals surface area contributed by atoms with E-state index in [4.69, 9.17) is 11.6 Å². The molecule has 1 nitrogen and oxygen atoms in total. The Balaban J connectivity index is 3.39. The van der Waals surface area contributed by atoms with Crippen LogP contribution in [0.25, 0.3) is 0 Å². The molecule has 0 aliphatic carbocycles. The SMILES string of the molecule is C=CC(=O)CC=CCl. The van der Waals surface area contributed by atoms with Gasteiger partial charge in [0.25, 0.3) is 0 Å². The molecule has 0 saturated carbocycles. The van der Waals surface area contributed by atoms with Crippen molar-refractivity contribution in [1.82, 2.24) is 0 Å². The number of rotatable bonds is 3. The minimum absolute atomic E-state index is 0.0121. The second kappa shape index (κ2) is 4.60. The molecular weight excluding hydrogens is 124 g/mol. The fourth-order valence-corrected chi connectivity index (χ4v) is 0.333. The molecule has 0 N–H and O–H groups in total. The monoisotopic (exact) mass is 130 g/mol. The molecule has 0 rings (SSSR count). The number of allylic oxidation sites excluding steroid dienone is 2. The van der Waals surface area contributed by atoms with Gasteiger partial charge in [0, 0.05) is 12.0 Å². The molecule has 0 aromatic carbocycles. The first-order chi connectivity index (χ1) is 3.81. The van der Waals surface area contributed by atoms with Gasteiger partial charge in [-0.15, -0.1) is 0 Å². The average Bonchev–Trinajstić information content (AvgIpc) is 1.83. The first kappa shape index (κ1) is 7.44.